The number of benzene rings is 2. The summed E-state index contributed by atoms with van der Waals surface area (Å²) in [7, 11) is 1.64. The van der Waals surface area contributed by atoms with E-state index in [1.165, 1.54) is 0 Å². The highest BCUT2D eigenvalue weighted by molar-refractivity contribution is 14.1. The van der Waals surface area contributed by atoms with Crippen LogP contribution in [0.5, 0.6) is 5.75 Å². The maximum absolute atomic E-state index is 11.9. The second-order valence-corrected chi connectivity index (χ2v) is 6.05. The molecule has 2 amide bonds. The summed E-state index contributed by atoms with van der Waals surface area (Å²) in [5.74, 6) is 0.786. The Morgan fingerprint density at radius 2 is 1.91 bits per heavy atom. The van der Waals surface area contributed by atoms with E-state index >= 15 is 0 Å². The van der Waals surface area contributed by atoms with Crippen molar-refractivity contribution >= 4 is 34.3 Å². The van der Waals surface area contributed by atoms with Gasteiger partial charge in [0.25, 0.3) is 0 Å². The van der Waals surface area contributed by atoms with Crippen LogP contribution in [0.3, 0.4) is 0 Å². The molecule has 0 aliphatic rings. The van der Waals surface area contributed by atoms with Crippen LogP contribution in [0, 0.1) is 3.57 Å². The van der Waals surface area contributed by atoms with E-state index in [1.807, 2.05) is 48.5 Å². The molecule has 0 fully saturated rings. The predicted molar refractivity (Wildman–Crippen MR) is 98.8 cm³/mol. The van der Waals surface area contributed by atoms with Gasteiger partial charge in [-0.3, -0.25) is 0 Å². The third-order valence-corrected chi connectivity index (χ3v) is 3.69. The monoisotopic (exact) mass is 426 g/mol. The molecule has 0 bridgehead atoms. The number of anilines is 1. The SMILES string of the molecule is COCCOc1ccc(CNC(=O)Nc2cccc(I)c2)cc1. The molecule has 0 heterocycles. The van der Waals surface area contributed by atoms with Crippen molar-refractivity contribution in [2.24, 2.45) is 0 Å². The number of hydrogen-bond donors (Lipinski definition) is 2. The summed E-state index contributed by atoms with van der Waals surface area (Å²) in [6, 6.07) is 15.0. The molecule has 122 valence electrons. The maximum Gasteiger partial charge on any atom is 0.319 e. The molecule has 0 radical (unpaired) electrons. The van der Waals surface area contributed by atoms with E-state index in [4.69, 9.17) is 9.47 Å². The molecule has 5 nitrogen and oxygen atoms in total. The fourth-order valence-electron chi connectivity index (χ4n) is 1.87. The molecule has 0 atom stereocenters. The van der Waals surface area contributed by atoms with Crippen LogP contribution in [-0.4, -0.2) is 26.4 Å². The van der Waals surface area contributed by atoms with E-state index in [-0.39, 0.29) is 6.03 Å². The lowest BCUT2D eigenvalue weighted by Gasteiger charge is -2.09. The van der Waals surface area contributed by atoms with Crippen molar-refractivity contribution in [2.75, 3.05) is 25.6 Å². The third kappa shape index (κ3) is 6.45. The topological polar surface area (TPSA) is 59.6 Å². The van der Waals surface area contributed by atoms with Crippen molar-refractivity contribution in [2.45, 2.75) is 6.54 Å². The highest BCUT2D eigenvalue weighted by atomic mass is 127. The summed E-state index contributed by atoms with van der Waals surface area (Å²) in [5.41, 5.74) is 1.78. The molecule has 6 heteroatoms. The van der Waals surface area contributed by atoms with Crippen LogP contribution < -0.4 is 15.4 Å². The summed E-state index contributed by atoms with van der Waals surface area (Å²) in [4.78, 5) is 11.9. The average molecular weight is 426 g/mol. The largest absolute Gasteiger partial charge is 0.491 e. The van der Waals surface area contributed by atoms with Crippen molar-refractivity contribution in [3.63, 3.8) is 0 Å². The Balaban J connectivity index is 1.77. The molecule has 0 aliphatic heterocycles. The number of carbonyl (C=O) groups is 1. The Labute approximate surface area is 149 Å². The number of ether oxygens (including phenoxy) is 2. The van der Waals surface area contributed by atoms with Crippen molar-refractivity contribution in [3.05, 3.63) is 57.7 Å². The van der Waals surface area contributed by atoms with Crippen molar-refractivity contribution < 1.29 is 14.3 Å². The molecular weight excluding hydrogens is 407 g/mol. The lowest BCUT2D eigenvalue weighted by molar-refractivity contribution is 0.146. The zero-order valence-electron chi connectivity index (χ0n) is 12.8. The number of rotatable bonds is 7. The van der Waals surface area contributed by atoms with Crippen LogP contribution >= 0.6 is 22.6 Å². The molecule has 0 spiro atoms. The fourth-order valence-corrected chi connectivity index (χ4v) is 2.41. The second-order valence-electron chi connectivity index (χ2n) is 4.80. The van der Waals surface area contributed by atoms with Crippen LogP contribution in [0.1, 0.15) is 5.56 Å². The Kier molecular flexibility index (Phi) is 7.15. The first kappa shape index (κ1) is 17.6. The minimum absolute atomic E-state index is 0.229. The molecule has 2 rings (SSSR count). The molecule has 0 saturated heterocycles. The number of urea groups is 1. The van der Waals surface area contributed by atoms with Gasteiger partial charge in [-0.2, -0.15) is 0 Å². The predicted octanol–water partition coefficient (Wildman–Crippen LogP) is 3.64. The van der Waals surface area contributed by atoms with E-state index in [1.54, 1.807) is 7.11 Å². The highest BCUT2D eigenvalue weighted by Gasteiger charge is 2.02. The number of nitrogens with one attached hydrogen (secondary N) is 2. The molecular formula is C17H19IN2O3. The molecule has 0 unspecified atom stereocenters. The number of halogens is 1. The normalized spacial score (nSPS) is 10.2. The average Bonchev–Trinajstić information content (AvgIpc) is 2.54. The first-order valence-electron chi connectivity index (χ1n) is 7.18. The van der Waals surface area contributed by atoms with Crippen LogP contribution in [0.25, 0.3) is 0 Å². The van der Waals surface area contributed by atoms with Gasteiger partial charge in [0.1, 0.15) is 12.4 Å². The lowest BCUT2D eigenvalue weighted by Crippen LogP contribution is -2.28. The standard InChI is InChI=1S/C17H19IN2O3/c1-22-9-10-23-16-7-5-13(6-8-16)12-19-17(21)20-15-4-2-3-14(18)11-15/h2-8,11H,9-10,12H2,1H3,(H2,19,20,21). The van der Waals surface area contributed by atoms with Gasteiger partial charge >= 0.3 is 6.03 Å². The Morgan fingerprint density at radius 1 is 1.13 bits per heavy atom. The van der Waals surface area contributed by atoms with E-state index in [0.717, 1.165) is 20.6 Å². The molecule has 2 N–H and O–H groups in total. The van der Waals surface area contributed by atoms with E-state index in [2.05, 4.69) is 33.2 Å². The number of hydrogen-bond acceptors (Lipinski definition) is 3. The minimum Gasteiger partial charge on any atom is -0.491 e. The molecule has 0 aliphatic carbocycles. The van der Waals surface area contributed by atoms with Crippen molar-refractivity contribution in [1.82, 2.24) is 5.32 Å². The van der Waals surface area contributed by atoms with E-state index < -0.39 is 0 Å². The summed E-state index contributed by atoms with van der Waals surface area (Å²) in [5, 5.41) is 5.63. The molecule has 2 aromatic rings. The second kappa shape index (κ2) is 9.36. The molecule has 23 heavy (non-hydrogen) atoms. The molecule has 0 saturated carbocycles. The Bertz CT molecular complexity index is 632. The maximum atomic E-state index is 11.9. The number of carbonyl (C=O) groups excluding carboxylic acids is 1. The summed E-state index contributed by atoms with van der Waals surface area (Å²) >= 11 is 2.21. The summed E-state index contributed by atoms with van der Waals surface area (Å²) in [6.07, 6.45) is 0. The van der Waals surface area contributed by atoms with Crippen molar-refractivity contribution in [1.29, 1.82) is 0 Å². The summed E-state index contributed by atoms with van der Waals surface area (Å²) in [6.45, 7) is 1.53. The molecule has 2 aromatic carbocycles. The van der Waals surface area contributed by atoms with Crippen LogP contribution in [0.2, 0.25) is 0 Å². The quantitative estimate of drug-likeness (QED) is 0.525. The van der Waals surface area contributed by atoms with Crippen LogP contribution in [0.4, 0.5) is 10.5 Å². The lowest BCUT2D eigenvalue weighted by atomic mass is 10.2. The zero-order chi connectivity index (χ0) is 16.5. The Hall–Kier alpha value is -1.80. The minimum atomic E-state index is -0.229. The van der Waals surface area contributed by atoms with Gasteiger partial charge in [0.15, 0.2) is 0 Å². The number of amides is 2. The van der Waals surface area contributed by atoms with E-state index in [9.17, 15) is 4.79 Å². The smallest absolute Gasteiger partial charge is 0.319 e. The highest BCUT2D eigenvalue weighted by Crippen LogP contribution is 2.13. The van der Waals surface area contributed by atoms with Gasteiger partial charge < -0.3 is 20.1 Å². The van der Waals surface area contributed by atoms with Gasteiger partial charge in [0.2, 0.25) is 0 Å². The molecule has 0 aromatic heterocycles. The van der Waals surface area contributed by atoms with Crippen molar-refractivity contribution in [3.8, 4) is 5.75 Å². The van der Waals surface area contributed by atoms with Gasteiger partial charge in [-0.05, 0) is 58.5 Å². The van der Waals surface area contributed by atoms with Crippen LogP contribution in [-0.2, 0) is 11.3 Å². The fraction of sp³-hybridized carbons (Fsp3) is 0.235. The van der Waals surface area contributed by atoms with E-state index in [0.29, 0.717) is 19.8 Å². The van der Waals surface area contributed by atoms with Gasteiger partial charge in [-0.1, -0.05) is 18.2 Å². The van der Waals surface area contributed by atoms with Gasteiger partial charge in [-0.25, -0.2) is 4.79 Å². The summed E-state index contributed by atoms with van der Waals surface area (Å²) < 4.78 is 11.5. The Morgan fingerprint density at radius 3 is 2.61 bits per heavy atom. The van der Waals surface area contributed by atoms with Gasteiger partial charge in [-0.15, -0.1) is 0 Å². The zero-order valence-corrected chi connectivity index (χ0v) is 15.0. The first-order chi connectivity index (χ1) is 11.2. The first-order valence-corrected chi connectivity index (χ1v) is 8.26. The third-order valence-electron chi connectivity index (χ3n) is 3.02. The van der Waals surface area contributed by atoms with Gasteiger partial charge in [0, 0.05) is 22.9 Å². The van der Waals surface area contributed by atoms with Gasteiger partial charge in [0.05, 0.1) is 6.61 Å². The van der Waals surface area contributed by atoms with Crippen LogP contribution in [0.15, 0.2) is 48.5 Å². The number of methoxy groups -OCH3 is 1.